The highest BCUT2D eigenvalue weighted by molar-refractivity contribution is 5.80. The van der Waals surface area contributed by atoms with Crippen molar-refractivity contribution in [2.24, 2.45) is 11.8 Å². The zero-order chi connectivity index (χ0) is 18.4. The molecular formula is C14H18F3N5O3. The predicted molar refractivity (Wildman–Crippen MR) is 78.8 cm³/mol. The van der Waals surface area contributed by atoms with E-state index in [-0.39, 0.29) is 18.9 Å². The molecule has 1 aromatic heterocycles. The zero-order valence-electron chi connectivity index (χ0n) is 13.2. The molecule has 1 aromatic rings. The second-order valence-electron chi connectivity index (χ2n) is 5.76. The van der Waals surface area contributed by atoms with E-state index >= 15 is 0 Å². The summed E-state index contributed by atoms with van der Waals surface area (Å²) in [7, 11) is 0. The van der Waals surface area contributed by atoms with Gasteiger partial charge < -0.3 is 0 Å². The van der Waals surface area contributed by atoms with Crippen molar-refractivity contribution in [1.82, 2.24) is 20.5 Å². The normalized spacial score (nSPS) is 16.3. The summed E-state index contributed by atoms with van der Waals surface area (Å²) in [6.45, 7) is -0.203. The molecule has 0 bridgehead atoms. The zero-order valence-corrected chi connectivity index (χ0v) is 13.2. The summed E-state index contributed by atoms with van der Waals surface area (Å²) in [6, 6.07) is 0.710. The van der Waals surface area contributed by atoms with Crippen LogP contribution in [0.4, 0.5) is 19.1 Å². The van der Waals surface area contributed by atoms with E-state index in [9.17, 15) is 28.0 Å². The van der Waals surface area contributed by atoms with Gasteiger partial charge in [0, 0.05) is 6.20 Å². The molecule has 3 N–H and O–H groups in total. The molecule has 0 unspecified atom stereocenters. The number of nitrogens with one attached hydrogen (secondary N) is 2. The Morgan fingerprint density at radius 2 is 2.12 bits per heavy atom. The average molecular weight is 361 g/mol. The summed E-state index contributed by atoms with van der Waals surface area (Å²) in [5, 5.41) is 9.74. The van der Waals surface area contributed by atoms with E-state index in [2.05, 4.69) is 20.8 Å². The van der Waals surface area contributed by atoms with E-state index in [4.69, 9.17) is 0 Å². The number of halogens is 3. The van der Waals surface area contributed by atoms with Crippen LogP contribution in [0.25, 0.3) is 0 Å². The second kappa shape index (κ2) is 8.10. The minimum absolute atomic E-state index is 0.0289. The molecule has 8 nitrogen and oxygen atoms in total. The van der Waals surface area contributed by atoms with Crippen molar-refractivity contribution in [3.63, 3.8) is 0 Å². The summed E-state index contributed by atoms with van der Waals surface area (Å²) in [4.78, 5) is 29.8. The van der Waals surface area contributed by atoms with Crippen LogP contribution in [0.15, 0.2) is 12.3 Å². The summed E-state index contributed by atoms with van der Waals surface area (Å²) >= 11 is 0. The van der Waals surface area contributed by atoms with Crippen LogP contribution in [0.3, 0.4) is 0 Å². The minimum atomic E-state index is -4.63. The molecule has 2 amide bonds. The average Bonchev–Trinajstić information content (AvgIpc) is 3.11. The number of carbonyl (C=O) groups excluding carboxylic acids is 2. The Kier molecular flexibility index (Phi) is 6.12. The molecule has 0 aromatic carbocycles. The molecule has 0 radical (unpaired) electrons. The van der Waals surface area contributed by atoms with Crippen LogP contribution < -0.4 is 10.9 Å². The third-order valence-corrected chi connectivity index (χ3v) is 4.05. The van der Waals surface area contributed by atoms with E-state index in [1.165, 1.54) is 0 Å². The number of hydrogen-bond acceptors (Lipinski definition) is 6. The van der Waals surface area contributed by atoms with Crippen molar-refractivity contribution < 1.29 is 28.0 Å². The fourth-order valence-corrected chi connectivity index (χ4v) is 2.84. The fourth-order valence-electron chi connectivity index (χ4n) is 2.84. The predicted octanol–water partition coefficient (Wildman–Crippen LogP) is 1.59. The Balaban J connectivity index is 2.01. The number of hydroxylamine groups is 2. The third kappa shape index (κ3) is 5.28. The van der Waals surface area contributed by atoms with E-state index in [1.54, 1.807) is 0 Å². The fraction of sp³-hybridized carbons (Fsp3) is 0.571. The van der Waals surface area contributed by atoms with Crippen LogP contribution in [0, 0.1) is 11.8 Å². The van der Waals surface area contributed by atoms with Gasteiger partial charge in [-0.25, -0.2) is 15.0 Å². The summed E-state index contributed by atoms with van der Waals surface area (Å²) in [6.07, 6.45) is -0.109. The lowest BCUT2D eigenvalue weighted by atomic mass is 9.90. The SMILES string of the molecule is O=CN(O)C[C@H](C(=O)NNc1nccc(C(F)(F)F)n1)C1CCCC1. The number of nitrogens with zero attached hydrogens (tertiary/aromatic N) is 3. The van der Waals surface area contributed by atoms with Crippen molar-refractivity contribution in [2.75, 3.05) is 12.0 Å². The molecule has 2 rings (SSSR count). The highest BCUT2D eigenvalue weighted by Gasteiger charge is 2.34. The number of aromatic nitrogens is 2. The molecule has 25 heavy (non-hydrogen) atoms. The lowest BCUT2D eigenvalue weighted by Crippen LogP contribution is -2.43. The number of hydrazine groups is 1. The molecule has 1 aliphatic rings. The van der Waals surface area contributed by atoms with Crippen molar-refractivity contribution in [1.29, 1.82) is 0 Å². The number of rotatable bonds is 7. The molecule has 1 atom stereocenters. The van der Waals surface area contributed by atoms with Gasteiger partial charge in [-0.3, -0.25) is 25.6 Å². The number of hydrogen-bond donors (Lipinski definition) is 3. The van der Waals surface area contributed by atoms with Gasteiger partial charge in [-0.1, -0.05) is 12.8 Å². The van der Waals surface area contributed by atoms with E-state index < -0.39 is 29.6 Å². The van der Waals surface area contributed by atoms with E-state index in [1.807, 2.05) is 0 Å². The summed E-state index contributed by atoms with van der Waals surface area (Å²) in [5.74, 6) is -1.70. The Bertz CT molecular complexity index is 608. The highest BCUT2D eigenvalue weighted by atomic mass is 19.4. The van der Waals surface area contributed by atoms with Crippen LogP contribution in [0.1, 0.15) is 31.4 Å². The Hall–Kier alpha value is -2.43. The molecule has 1 heterocycles. The lowest BCUT2D eigenvalue weighted by Gasteiger charge is -2.24. The van der Waals surface area contributed by atoms with Crippen molar-refractivity contribution in [3.8, 4) is 0 Å². The number of carbonyl (C=O) groups is 2. The number of amides is 2. The molecule has 0 saturated heterocycles. The first-order valence-electron chi connectivity index (χ1n) is 7.68. The Labute approximate surface area is 141 Å². The number of alkyl halides is 3. The van der Waals surface area contributed by atoms with Gasteiger partial charge in [-0.05, 0) is 24.8 Å². The largest absolute Gasteiger partial charge is 0.433 e. The van der Waals surface area contributed by atoms with Crippen molar-refractivity contribution >= 4 is 18.3 Å². The molecule has 1 aliphatic carbocycles. The standard InChI is InChI=1S/C14H18F3N5O3/c15-14(16,17)11-5-6-18-13(19-11)21-20-12(24)10(7-22(25)8-23)9-3-1-2-4-9/h5-6,8-10,25H,1-4,7H2,(H,20,24)(H,18,19,21)/t10-/m0/s1. The molecule has 0 spiro atoms. The van der Waals surface area contributed by atoms with Crippen LogP contribution in [-0.4, -0.2) is 39.1 Å². The first kappa shape index (κ1) is 18.9. The van der Waals surface area contributed by atoms with E-state index in [0.29, 0.717) is 11.1 Å². The highest BCUT2D eigenvalue weighted by Crippen LogP contribution is 2.32. The second-order valence-corrected chi connectivity index (χ2v) is 5.76. The van der Waals surface area contributed by atoms with Crippen LogP contribution in [-0.2, 0) is 15.8 Å². The van der Waals surface area contributed by atoms with Gasteiger partial charge in [0.2, 0.25) is 18.3 Å². The van der Waals surface area contributed by atoms with Gasteiger partial charge in [-0.15, -0.1) is 0 Å². The summed E-state index contributed by atoms with van der Waals surface area (Å²) < 4.78 is 37.8. The molecular weight excluding hydrogens is 343 g/mol. The van der Waals surface area contributed by atoms with Gasteiger partial charge in [0.15, 0.2) is 0 Å². The van der Waals surface area contributed by atoms with Crippen LogP contribution in [0.5, 0.6) is 0 Å². The summed E-state index contributed by atoms with van der Waals surface area (Å²) in [5.41, 5.74) is 3.35. The molecule has 1 fully saturated rings. The minimum Gasteiger partial charge on any atom is -0.286 e. The first-order valence-corrected chi connectivity index (χ1v) is 7.68. The van der Waals surface area contributed by atoms with Crippen molar-refractivity contribution in [3.05, 3.63) is 18.0 Å². The first-order chi connectivity index (χ1) is 11.8. The molecule has 0 aliphatic heterocycles. The molecule has 1 saturated carbocycles. The topological polar surface area (TPSA) is 107 Å². The lowest BCUT2D eigenvalue weighted by molar-refractivity contribution is -0.156. The van der Waals surface area contributed by atoms with E-state index in [0.717, 1.165) is 31.9 Å². The maximum absolute atomic E-state index is 12.6. The van der Waals surface area contributed by atoms with Gasteiger partial charge >= 0.3 is 6.18 Å². The van der Waals surface area contributed by atoms with Crippen LogP contribution in [0.2, 0.25) is 0 Å². The maximum atomic E-state index is 12.6. The Morgan fingerprint density at radius 3 is 2.72 bits per heavy atom. The van der Waals surface area contributed by atoms with Gasteiger partial charge in [0.1, 0.15) is 5.69 Å². The van der Waals surface area contributed by atoms with Crippen LogP contribution >= 0.6 is 0 Å². The van der Waals surface area contributed by atoms with Gasteiger partial charge in [0.25, 0.3) is 0 Å². The van der Waals surface area contributed by atoms with Gasteiger partial charge in [0.05, 0.1) is 12.5 Å². The maximum Gasteiger partial charge on any atom is 0.433 e. The number of anilines is 1. The smallest absolute Gasteiger partial charge is 0.286 e. The van der Waals surface area contributed by atoms with Gasteiger partial charge in [-0.2, -0.15) is 13.2 Å². The quantitative estimate of drug-likeness (QED) is 0.387. The monoisotopic (exact) mass is 361 g/mol. The Morgan fingerprint density at radius 1 is 1.44 bits per heavy atom. The third-order valence-electron chi connectivity index (χ3n) is 4.05. The molecule has 11 heteroatoms. The van der Waals surface area contributed by atoms with Crippen molar-refractivity contribution in [2.45, 2.75) is 31.9 Å². The molecule has 138 valence electrons.